The normalized spacial score (nSPS) is 18.5. The van der Waals surface area contributed by atoms with Gasteiger partial charge >= 0.3 is 0 Å². The Morgan fingerprint density at radius 1 is 1.48 bits per heavy atom. The highest BCUT2D eigenvalue weighted by Gasteiger charge is 2.25. The van der Waals surface area contributed by atoms with Gasteiger partial charge in [0.05, 0.1) is 13.0 Å². The van der Waals surface area contributed by atoms with Crippen LogP contribution in [0.5, 0.6) is 5.88 Å². The zero-order valence-corrected chi connectivity index (χ0v) is 12.5. The molecule has 1 atom stereocenters. The Bertz CT molecular complexity index is 574. The lowest BCUT2D eigenvalue weighted by molar-refractivity contribution is -0.133. The van der Waals surface area contributed by atoms with E-state index in [9.17, 15) is 4.79 Å². The number of amides is 1. The summed E-state index contributed by atoms with van der Waals surface area (Å²) in [6.07, 6.45) is 5.53. The van der Waals surface area contributed by atoms with E-state index < -0.39 is 0 Å². The maximum Gasteiger partial charge on any atom is 0.227 e. The fraction of sp³-hybridized carbons (Fsp3) is 0.400. The standard InChI is InChI=1S/C15H17N3O2S/c19-15(8-12-4-7-21-10-12)18-6-1-2-13(9-18)20-14-3-5-16-11-17-14/h3-5,7,10-11,13H,1-2,6,8-9H2. The Labute approximate surface area is 127 Å². The van der Waals surface area contributed by atoms with Gasteiger partial charge in [0.1, 0.15) is 12.4 Å². The molecule has 1 aliphatic heterocycles. The zero-order chi connectivity index (χ0) is 14.5. The topological polar surface area (TPSA) is 55.3 Å². The zero-order valence-electron chi connectivity index (χ0n) is 11.6. The molecule has 1 saturated heterocycles. The summed E-state index contributed by atoms with van der Waals surface area (Å²) in [6.45, 7) is 1.44. The van der Waals surface area contributed by atoms with Gasteiger partial charge in [0, 0.05) is 18.8 Å². The first kappa shape index (κ1) is 14.0. The number of hydrogen-bond donors (Lipinski definition) is 0. The fourth-order valence-electron chi connectivity index (χ4n) is 2.46. The largest absolute Gasteiger partial charge is 0.472 e. The summed E-state index contributed by atoms with van der Waals surface area (Å²) in [5.41, 5.74) is 1.09. The van der Waals surface area contributed by atoms with Crippen LogP contribution in [0.3, 0.4) is 0 Å². The molecule has 0 bridgehead atoms. The number of carbonyl (C=O) groups excluding carboxylic acids is 1. The van der Waals surface area contributed by atoms with Gasteiger partial charge in [-0.1, -0.05) is 0 Å². The van der Waals surface area contributed by atoms with Gasteiger partial charge in [0.15, 0.2) is 0 Å². The molecule has 110 valence electrons. The Balaban J connectivity index is 1.56. The van der Waals surface area contributed by atoms with Crippen molar-refractivity contribution in [2.45, 2.75) is 25.4 Å². The predicted octanol–water partition coefficient (Wildman–Crippen LogP) is 2.15. The van der Waals surface area contributed by atoms with Crippen LogP contribution in [-0.2, 0) is 11.2 Å². The number of piperidine rings is 1. The molecule has 0 spiro atoms. The number of rotatable bonds is 4. The van der Waals surface area contributed by atoms with Crippen LogP contribution in [0.2, 0.25) is 0 Å². The smallest absolute Gasteiger partial charge is 0.227 e. The highest BCUT2D eigenvalue weighted by Crippen LogP contribution is 2.17. The van der Waals surface area contributed by atoms with E-state index >= 15 is 0 Å². The SMILES string of the molecule is O=C(Cc1ccsc1)N1CCCC(Oc2ccncn2)C1. The first-order chi connectivity index (χ1) is 10.3. The molecule has 6 heteroatoms. The van der Waals surface area contributed by atoms with Crippen molar-refractivity contribution in [3.05, 3.63) is 41.0 Å². The molecule has 0 N–H and O–H groups in total. The van der Waals surface area contributed by atoms with Crippen LogP contribution in [-0.4, -0.2) is 40.0 Å². The van der Waals surface area contributed by atoms with Crippen LogP contribution in [0.15, 0.2) is 35.4 Å². The molecular formula is C15H17N3O2S. The minimum Gasteiger partial charge on any atom is -0.472 e. The van der Waals surface area contributed by atoms with E-state index in [4.69, 9.17) is 4.74 Å². The van der Waals surface area contributed by atoms with Crippen molar-refractivity contribution in [1.29, 1.82) is 0 Å². The summed E-state index contributed by atoms with van der Waals surface area (Å²) < 4.78 is 5.83. The number of thiophene rings is 1. The molecule has 0 aliphatic carbocycles. The molecular weight excluding hydrogens is 286 g/mol. The summed E-state index contributed by atoms with van der Waals surface area (Å²) in [4.78, 5) is 22.1. The quantitative estimate of drug-likeness (QED) is 0.868. The Hall–Kier alpha value is -1.95. The van der Waals surface area contributed by atoms with Crippen LogP contribution < -0.4 is 4.74 Å². The van der Waals surface area contributed by atoms with Crippen molar-refractivity contribution >= 4 is 17.2 Å². The van der Waals surface area contributed by atoms with E-state index in [1.807, 2.05) is 21.7 Å². The van der Waals surface area contributed by atoms with E-state index in [1.165, 1.54) is 6.33 Å². The van der Waals surface area contributed by atoms with E-state index in [1.54, 1.807) is 23.6 Å². The molecule has 1 unspecified atom stereocenters. The minimum atomic E-state index is 0.0140. The lowest BCUT2D eigenvalue weighted by atomic mass is 10.1. The van der Waals surface area contributed by atoms with E-state index in [2.05, 4.69) is 9.97 Å². The van der Waals surface area contributed by atoms with Gasteiger partial charge in [-0.3, -0.25) is 4.79 Å². The third-order valence-corrected chi connectivity index (χ3v) is 4.24. The van der Waals surface area contributed by atoms with E-state index in [-0.39, 0.29) is 12.0 Å². The number of likely N-dealkylation sites (tertiary alicyclic amines) is 1. The molecule has 1 amide bonds. The molecule has 3 rings (SSSR count). The maximum absolute atomic E-state index is 12.3. The van der Waals surface area contributed by atoms with E-state index in [0.29, 0.717) is 18.8 Å². The number of ether oxygens (including phenoxy) is 1. The predicted molar refractivity (Wildman–Crippen MR) is 80.3 cm³/mol. The number of aromatic nitrogens is 2. The summed E-state index contributed by atoms with van der Waals surface area (Å²) in [5, 5.41) is 4.02. The van der Waals surface area contributed by atoms with Gasteiger partial charge in [-0.05, 0) is 35.2 Å². The maximum atomic E-state index is 12.3. The Morgan fingerprint density at radius 2 is 2.43 bits per heavy atom. The number of carbonyl (C=O) groups is 1. The summed E-state index contributed by atoms with van der Waals surface area (Å²) in [7, 11) is 0. The van der Waals surface area contributed by atoms with Gasteiger partial charge in [-0.25, -0.2) is 9.97 Å². The van der Waals surface area contributed by atoms with Crippen molar-refractivity contribution in [2.75, 3.05) is 13.1 Å². The second kappa shape index (κ2) is 6.67. The molecule has 0 aromatic carbocycles. The molecule has 0 radical (unpaired) electrons. The highest BCUT2D eigenvalue weighted by atomic mass is 32.1. The third-order valence-electron chi connectivity index (χ3n) is 3.51. The van der Waals surface area contributed by atoms with Crippen molar-refractivity contribution in [2.24, 2.45) is 0 Å². The second-order valence-corrected chi connectivity index (χ2v) is 5.86. The van der Waals surface area contributed by atoms with Crippen LogP contribution in [0.1, 0.15) is 18.4 Å². The highest BCUT2D eigenvalue weighted by molar-refractivity contribution is 7.07. The Kier molecular flexibility index (Phi) is 4.45. The average molecular weight is 303 g/mol. The fourth-order valence-corrected chi connectivity index (χ4v) is 3.13. The summed E-state index contributed by atoms with van der Waals surface area (Å²) in [5.74, 6) is 0.742. The van der Waals surface area contributed by atoms with Crippen molar-refractivity contribution in [3.63, 3.8) is 0 Å². The van der Waals surface area contributed by atoms with Crippen molar-refractivity contribution in [3.8, 4) is 5.88 Å². The molecule has 2 aromatic rings. The molecule has 2 aromatic heterocycles. The van der Waals surface area contributed by atoms with Crippen molar-refractivity contribution in [1.82, 2.24) is 14.9 Å². The second-order valence-electron chi connectivity index (χ2n) is 5.08. The average Bonchev–Trinajstić information content (AvgIpc) is 3.01. The van der Waals surface area contributed by atoms with Gasteiger partial charge in [-0.2, -0.15) is 11.3 Å². The molecule has 0 saturated carbocycles. The van der Waals surface area contributed by atoms with Crippen LogP contribution in [0, 0.1) is 0 Å². The van der Waals surface area contributed by atoms with Crippen LogP contribution >= 0.6 is 11.3 Å². The molecule has 5 nitrogen and oxygen atoms in total. The molecule has 21 heavy (non-hydrogen) atoms. The Morgan fingerprint density at radius 3 is 3.19 bits per heavy atom. The molecule has 1 aliphatic rings. The lowest BCUT2D eigenvalue weighted by Crippen LogP contribution is -2.45. The number of nitrogens with zero attached hydrogens (tertiary/aromatic N) is 3. The van der Waals surface area contributed by atoms with Gasteiger partial charge in [-0.15, -0.1) is 0 Å². The summed E-state index contributed by atoms with van der Waals surface area (Å²) in [6, 6.07) is 3.74. The molecule has 1 fully saturated rings. The van der Waals surface area contributed by atoms with Crippen LogP contribution in [0.4, 0.5) is 0 Å². The van der Waals surface area contributed by atoms with Crippen LogP contribution in [0.25, 0.3) is 0 Å². The van der Waals surface area contributed by atoms with Crippen molar-refractivity contribution < 1.29 is 9.53 Å². The minimum absolute atomic E-state index is 0.0140. The van der Waals surface area contributed by atoms with E-state index in [0.717, 1.165) is 24.9 Å². The lowest BCUT2D eigenvalue weighted by Gasteiger charge is -2.32. The van der Waals surface area contributed by atoms with Gasteiger partial charge in [0.25, 0.3) is 0 Å². The first-order valence-corrected chi connectivity index (χ1v) is 7.97. The van der Waals surface area contributed by atoms with Gasteiger partial charge < -0.3 is 9.64 Å². The van der Waals surface area contributed by atoms with Gasteiger partial charge in [0.2, 0.25) is 11.8 Å². The first-order valence-electron chi connectivity index (χ1n) is 7.03. The molecule has 3 heterocycles. The monoisotopic (exact) mass is 303 g/mol. The number of hydrogen-bond acceptors (Lipinski definition) is 5. The third kappa shape index (κ3) is 3.78. The summed E-state index contributed by atoms with van der Waals surface area (Å²) >= 11 is 1.62.